The van der Waals surface area contributed by atoms with Crippen molar-refractivity contribution in [1.82, 2.24) is 0 Å². The zero-order valence-electron chi connectivity index (χ0n) is 9.67. The van der Waals surface area contributed by atoms with Gasteiger partial charge in [-0.25, -0.2) is 4.79 Å². The van der Waals surface area contributed by atoms with E-state index in [2.05, 4.69) is 9.99 Å². The maximum Gasteiger partial charge on any atom is 0.540 e. The van der Waals surface area contributed by atoms with Crippen molar-refractivity contribution in [2.24, 2.45) is 10.9 Å². The Morgan fingerprint density at radius 2 is 1.88 bits per heavy atom. The van der Waals surface area contributed by atoms with Gasteiger partial charge in [-0.05, 0) is 31.2 Å². The van der Waals surface area contributed by atoms with E-state index in [1.807, 2.05) is 0 Å². The lowest BCUT2D eigenvalue weighted by Crippen LogP contribution is -2.13. The number of nitrogens with zero attached hydrogens (tertiary/aromatic N) is 1. The van der Waals surface area contributed by atoms with E-state index in [0.29, 0.717) is 17.2 Å². The van der Waals surface area contributed by atoms with Crippen molar-refractivity contribution in [3.8, 4) is 11.5 Å². The number of rotatable bonds is 4. The molecule has 2 N–H and O–H groups in total. The van der Waals surface area contributed by atoms with Gasteiger partial charge in [0.2, 0.25) is 0 Å². The third-order valence-corrected chi connectivity index (χ3v) is 1.83. The monoisotopic (exact) mass is 238 g/mol. The fourth-order valence-corrected chi connectivity index (χ4v) is 0.911. The van der Waals surface area contributed by atoms with Crippen LogP contribution in [0.2, 0.25) is 0 Å². The van der Waals surface area contributed by atoms with Gasteiger partial charge in [0.15, 0.2) is 0 Å². The number of benzene rings is 1. The molecule has 1 rings (SSSR count). The van der Waals surface area contributed by atoms with Crippen molar-refractivity contribution in [2.45, 2.75) is 6.92 Å². The molecule has 6 nitrogen and oxygen atoms in total. The van der Waals surface area contributed by atoms with Crippen LogP contribution in [0.15, 0.2) is 29.4 Å². The van der Waals surface area contributed by atoms with E-state index in [0.717, 1.165) is 0 Å². The highest BCUT2D eigenvalue weighted by molar-refractivity contribution is 5.83. The second kappa shape index (κ2) is 6.49. The van der Waals surface area contributed by atoms with Crippen molar-refractivity contribution >= 4 is 11.9 Å². The molecule has 0 aromatic heterocycles. The summed E-state index contributed by atoms with van der Waals surface area (Å²) in [5.74, 6) is 1.01. The van der Waals surface area contributed by atoms with E-state index in [1.165, 1.54) is 0 Å². The molecule has 6 heteroatoms. The largest absolute Gasteiger partial charge is 0.540 e. The standard InChI is InChI=1S/C11H14N2O4/c1-8(7-12)13-17-11(14)16-10-5-3-9(15-2)4-6-10/h3-6H,7,12H2,1-2H3/b13-8+. The molecule has 0 aliphatic rings. The molecule has 0 saturated heterocycles. The van der Waals surface area contributed by atoms with Crippen molar-refractivity contribution in [3.63, 3.8) is 0 Å². The molecule has 0 spiro atoms. The first kappa shape index (κ1) is 13.0. The number of carbonyl (C=O) groups excluding carboxylic acids is 1. The van der Waals surface area contributed by atoms with Gasteiger partial charge in [-0.15, -0.1) is 0 Å². The molecule has 0 aliphatic heterocycles. The van der Waals surface area contributed by atoms with E-state index in [1.54, 1.807) is 38.3 Å². The lowest BCUT2D eigenvalue weighted by Gasteiger charge is -2.03. The summed E-state index contributed by atoms with van der Waals surface area (Å²) in [5, 5.41) is 3.46. The lowest BCUT2D eigenvalue weighted by molar-refractivity contribution is 0.102. The summed E-state index contributed by atoms with van der Waals surface area (Å²) < 4.78 is 9.80. The number of methoxy groups -OCH3 is 1. The van der Waals surface area contributed by atoms with E-state index in [-0.39, 0.29) is 6.54 Å². The van der Waals surface area contributed by atoms with Crippen LogP contribution in [0.1, 0.15) is 6.92 Å². The SMILES string of the molecule is COc1ccc(OC(=O)O/N=C(\C)CN)cc1. The molecule has 0 saturated carbocycles. The molecule has 1 aromatic carbocycles. The predicted octanol–water partition coefficient (Wildman–Crippen LogP) is 1.55. The fourth-order valence-electron chi connectivity index (χ4n) is 0.911. The Hall–Kier alpha value is -2.08. The summed E-state index contributed by atoms with van der Waals surface area (Å²) in [6.45, 7) is 1.86. The van der Waals surface area contributed by atoms with Crippen molar-refractivity contribution in [3.05, 3.63) is 24.3 Å². The lowest BCUT2D eigenvalue weighted by atomic mass is 10.3. The van der Waals surface area contributed by atoms with Crippen LogP contribution in [0.4, 0.5) is 4.79 Å². The number of nitrogens with two attached hydrogens (primary N) is 1. The Kier molecular flexibility index (Phi) is 4.96. The van der Waals surface area contributed by atoms with Crippen LogP contribution in [0, 0.1) is 0 Å². The molecule has 0 fully saturated rings. The first-order valence-corrected chi connectivity index (χ1v) is 4.92. The van der Waals surface area contributed by atoms with Crippen LogP contribution in [-0.4, -0.2) is 25.5 Å². The smallest absolute Gasteiger partial charge is 0.497 e. The van der Waals surface area contributed by atoms with Crippen LogP contribution in [0.25, 0.3) is 0 Å². The zero-order chi connectivity index (χ0) is 12.7. The highest BCUT2D eigenvalue weighted by Gasteiger charge is 2.06. The first-order chi connectivity index (χ1) is 8.15. The Bertz CT molecular complexity index is 400. The molecule has 0 unspecified atom stereocenters. The van der Waals surface area contributed by atoms with Crippen LogP contribution in [-0.2, 0) is 4.84 Å². The molecule has 0 bridgehead atoms. The summed E-state index contributed by atoms with van der Waals surface area (Å²) >= 11 is 0. The van der Waals surface area contributed by atoms with E-state index < -0.39 is 6.16 Å². The summed E-state index contributed by atoms with van der Waals surface area (Å²) in [4.78, 5) is 15.6. The summed E-state index contributed by atoms with van der Waals surface area (Å²) in [6.07, 6.45) is -0.914. The van der Waals surface area contributed by atoms with E-state index >= 15 is 0 Å². The van der Waals surface area contributed by atoms with Crippen LogP contribution in [0.5, 0.6) is 11.5 Å². The second-order valence-electron chi connectivity index (χ2n) is 3.15. The molecular formula is C11H14N2O4. The van der Waals surface area contributed by atoms with Gasteiger partial charge in [0.05, 0.1) is 12.8 Å². The van der Waals surface area contributed by atoms with Crippen LogP contribution < -0.4 is 15.2 Å². The van der Waals surface area contributed by atoms with Gasteiger partial charge in [-0.2, -0.15) is 0 Å². The number of oxime groups is 1. The van der Waals surface area contributed by atoms with Crippen LogP contribution in [0.3, 0.4) is 0 Å². The van der Waals surface area contributed by atoms with Gasteiger partial charge in [-0.1, -0.05) is 5.16 Å². The van der Waals surface area contributed by atoms with E-state index in [4.69, 9.17) is 15.2 Å². The Morgan fingerprint density at radius 1 is 1.29 bits per heavy atom. The fraction of sp³-hybridized carbons (Fsp3) is 0.273. The molecule has 0 radical (unpaired) electrons. The predicted molar refractivity (Wildman–Crippen MR) is 62.3 cm³/mol. The molecule has 0 heterocycles. The highest BCUT2D eigenvalue weighted by Crippen LogP contribution is 2.17. The minimum Gasteiger partial charge on any atom is -0.497 e. The average molecular weight is 238 g/mol. The zero-order valence-corrected chi connectivity index (χ0v) is 9.67. The Balaban J connectivity index is 2.50. The van der Waals surface area contributed by atoms with Gasteiger partial charge in [0.1, 0.15) is 11.5 Å². The Morgan fingerprint density at radius 3 is 2.41 bits per heavy atom. The topological polar surface area (TPSA) is 83.1 Å². The number of carbonyl (C=O) groups is 1. The third-order valence-electron chi connectivity index (χ3n) is 1.83. The minimum absolute atomic E-state index is 0.218. The highest BCUT2D eigenvalue weighted by atomic mass is 16.8. The van der Waals surface area contributed by atoms with Gasteiger partial charge < -0.3 is 15.2 Å². The number of ether oxygens (including phenoxy) is 2. The van der Waals surface area contributed by atoms with Crippen molar-refractivity contribution in [1.29, 1.82) is 0 Å². The van der Waals surface area contributed by atoms with Gasteiger partial charge >= 0.3 is 6.16 Å². The van der Waals surface area contributed by atoms with Crippen LogP contribution >= 0.6 is 0 Å². The second-order valence-corrected chi connectivity index (χ2v) is 3.15. The van der Waals surface area contributed by atoms with Crippen molar-refractivity contribution < 1.29 is 19.1 Å². The molecule has 0 amide bonds. The average Bonchev–Trinajstić information content (AvgIpc) is 2.36. The summed E-state index contributed by atoms with van der Waals surface area (Å²) in [5.41, 5.74) is 5.76. The molecule has 1 aromatic rings. The molecule has 0 aliphatic carbocycles. The molecular weight excluding hydrogens is 224 g/mol. The summed E-state index contributed by atoms with van der Waals surface area (Å²) in [6, 6.07) is 6.49. The van der Waals surface area contributed by atoms with Gasteiger partial charge in [0, 0.05) is 6.54 Å². The normalized spacial score (nSPS) is 10.9. The minimum atomic E-state index is -0.914. The molecule has 92 valence electrons. The van der Waals surface area contributed by atoms with Gasteiger partial charge in [-0.3, -0.25) is 4.84 Å². The third kappa shape index (κ3) is 4.52. The number of hydrogen-bond acceptors (Lipinski definition) is 6. The van der Waals surface area contributed by atoms with E-state index in [9.17, 15) is 4.79 Å². The molecule has 0 atom stereocenters. The molecule has 17 heavy (non-hydrogen) atoms. The number of hydrogen-bond donors (Lipinski definition) is 1. The maximum atomic E-state index is 11.2. The maximum absolute atomic E-state index is 11.2. The quantitative estimate of drug-likeness (QED) is 0.283. The first-order valence-electron chi connectivity index (χ1n) is 4.92. The summed E-state index contributed by atoms with van der Waals surface area (Å²) in [7, 11) is 1.55. The Labute approximate surface area is 98.9 Å². The van der Waals surface area contributed by atoms with Gasteiger partial charge in [0.25, 0.3) is 0 Å². The van der Waals surface area contributed by atoms with Crippen molar-refractivity contribution in [2.75, 3.05) is 13.7 Å².